The summed E-state index contributed by atoms with van der Waals surface area (Å²) in [5.41, 5.74) is 1.57. The van der Waals surface area contributed by atoms with Crippen LogP contribution in [0.5, 0.6) is 5.75 Å². The van der Waals surface area contributed by atoms with E-state index in [-0.39, 0.29) is 31.4 Å². The van der Waals surface area contributed by atoms with Crippen LogP contribution in [0.1, 0.15) is 38.3 Å². The van der Waals surface area contributed by atoms with Crippen LogP contribution in [-0.4, -0.2) is 31.0 Å². The summed E-state index contributed by atoms with van der Waals surface area (Å²) >= 11 is 0. The molecule has 0 unspecified atom stereocenters. The Hall–Kier alpha value is -3.35. The normalized spacial score (nSPS) is 11.2. The molecule has 0 aliphatic rings. The number of ether oxygens (including phenoxy) is 2. The molecule has 1 atom stereocenters. The third-order valence-corrected chi connectivity index (χ3v) is 4.05. The molecule has 0 aliphatic heterocycles. The predicted molar refractivity (Wildman–Crippen MR) is 109 cm³/mol. The van der Waals surface area contributed by atoms with E-state index in [1.54, 1.807) is 24.3 Å². The van der Waals surface area contributed by atoms with Crippen LogP contribution in [0.25, 0.3) is 0 Å². The molecule has 7 nitrogen and oxygen atoms in total. The second-order valence-corrected chi connectivity index (χ2v) is 6.37. The van der Waals surface area contributed by atoms with Crippen molar-refractivity contribution < 1.29 is 23.9 Å². The predicted octanol–water partition coefficient (Wildman–Crippen LogP) is 3.22. The lowest BCUT2D eigenvalue weighted by Gasteiger charge is -2.14. The summed E-state index contributed by atoms with van der Waals surface area (Å²) in [5.74, 6) is -0.593. The van der Waals surface area contributed by atoms with Crippen LogP contribution in [0.2, 0.25) is 0 Å². The Labute approximate surface area is 170 Å². The van der Waals surface area contributed by atoms with Crippen molar-refractivity contribution in [2.45, 2.75) is 32.7 Å². The number of nitrogens with one attached hydrogen (secondary N) is 2. The van der Waals surface area contributed by atoms with Crippen LogP contribution in [0.3, 0.4) is 0 Å². The van der Waals surface area contributed by atoms with Crippen LogP contribution >= 0.6 is 0 Å². The quantitative estimate of drug-likeness (QED) is 0.600. The monoisotopic (exact) mass is 398 g/mol. The van der Waals surface area contributed by atoms with Crippen molar-refractivity contribution in [2.75, 3.05) is 18.5 Å². The van der Waals surface area contributed by atoms with E-state index in [1.807, 2.05) is 44.2 Å². The highest BCUT2D eigenvalue weighted by Crippen LogP contribution is 2.16. The van der Waals surface area contributed by atoms with Gasteiger partial charge in [-0.2, -0.15) is 0 Å². The fraction of sp³-hybridized carbons (Fsp3) is 0.318. The van der Waals surface area contributed by atoms with Gasteiger partial charge in [0.25, 0.3) is 5.91 Å². The summed E-state index contributed by atoms with van der Waals surface area (Å²) in [4.78, 5) is 35.6. The van der Waals surface area contributed by atoms with Gasteiger partial charge in [0.05, 0.1) is 19.1 Å². The number of carbonyl (C=O) groups is 3. The smallest absolute Gasteiger partial charge is 0.306 e. The molecule has 0 aromatic heterocycles. The molecule has 0 radical (unpaired) electrons. The Kier molecular flexibility index (Phi) is 8.69. The van der Waals surface area contributed by atoms with Crippen molar-refractivity contribution in [3.8, 4) is 5.75 Å². The maximum absolute atomic E-state index is 11.9. The molecule has 0 bridgehead atoms. The highest BCUT2D eigenvalue weighted by atomic mass is 16.5. The Morgan fingerprint density at radius 2 is 1.62 bits per heavy atom. The molecular formula is C22H26N2O5. The van der Waals surface area contributed by atoms with Gasteiger partial charge in [0, 0.05) is 12.1 Å². The highest BCUT2D eigenvalue weighted by molar-refractivity contribution is 5.92. The van der Waals surface area contributed by atoms with Gasteiger partial charge in [-0.05, 0) is 43.7 Å². The molecule has 2 aromatic rings. The Bertz CT molecular complexity index is 806. The molecule has 2 amide bonds. The number of esters is 1. The Morgan fingerprint density at radius 1 is 0.931 bits per heavy atom. The molecular weight excluding hydrogens is 372 g/mol. The van der Waals surface area contributed by atoms with Crippen molar-refractivity contribution in [3.63, 3.8) is 0 Å². The maximum atomic E-state index is 11.9. The summed E-state index contributed by atoms with van der Waals surface area (Å²) in [6.07, 6.45) is -0.140. The maximum Gasteiger partial charge on any atom is 0.306 e. The molecule has 0 heterocycles. The molecule has 0 saturated carbocycles. The van der Waals surface area contributed by atoms with Gasteiger partial charge in [-0.1, -0.05) is 30.3 Å². The molecule has 2 rings (SSSR count). The molecule has 0 aliphatic carbocycles. The summed E-state index contributed by atoms with van der Waals surface area (Å²) in [7, 11) is 0. The summed E-state index contributed by atoms with van der Waals surface area (Å²) < 4.78 is 10.3. The summed E-state index contributed by atoms with van der Waals surface area (Å²) in [5, 5.41) is 5.45. The lowest BCUT2D eigenvalue weighted by Crippen LogP contribution is -2.31. The topological polar surface area (TPSA) is 93.7 Å². The second kappa shape index (κ2) is 11.5. The minimum absolute atomic E-state index is 0.0336. The van der Waals surface area contributed by atoms with Gasteiger partial charge in [-0.15, -0.1) is 0 Å². The zero-order valence-electron chi connectivity index (χ0n) is 16.6. The molecule has 2 N–H and O–H groups in total. The number of rotatable bonds is 10. The van der Waals surface area contributed by atoms with E-state index in [9.17, 15) is 14.4 Å². The summed E-state index contributed by atoms with van der Waals surface area (Å²) in [6.45, 7) is 3.93. The van der Waals surface area contributed by atoms with Crippen molar-refractivity contribution in [2.24, 2.45) is 0 Å². The van der Waals surface area contributed by atoms with Crippen LogP contribution in [0.4, 0.5) is 5.69 Å². The van der Waals surface area contributed by atoms with E-state index < -0.39 is 11.9 Å². The number of hydrogen-bond acceptors (Lipinski definition) is 5. The van der Waals surface area contributed by atoms with Crippen LogP contribution in [0, 0.1) is 0 Å². The average molecular weight is 398 g/mol. The number of hydrogen-bond donors (Lipinski definition) is 2. The third-order valence-electron chi connectivity index (χ3n) is 4.05. The van der Waals surface area contributed by atoms with Gasteiger partial charge in [-0.3, -0.25) is 14.4 Å². The Morgan fingerprint density at radius 3 is 2.28 bits per heavy atom. The minimum Gasteiger partial charge on any atom is -0.494 e. The molecule has 2 aromatic carbocycles. The average Bonchev–Trinajstić information content (AvgIpc) is 2.73. The Balaban J connectivity index is 1.65. The van der Waals surface area contributed by atoms with Crippen LogP contribution in [-0.2, 0) is 19.1 Å². The molecule has 154 valence electrons. The van der Waals surface area contributed by atoms with Crippen LogP contribution in [0.15, 0.2) is 54.6 Å². The fourth-order valence-electron chi connectivity index (χ4n) is 2.57. The van der Waals surface area contributed by atoms with E-state index in [1.165, 1.54) is 0 Å². The molecule has 0 spiro atoms. The zero-order chi connectivity index (χ0) is 21.1. The van der Waals surface area contributed by atoms with E-state index in [4.69, 9.17) is 9.47 Å². The second-order valence-electron chi connectivity index (χ2n) is 6.37. The first-order valence-corrected chi connectivity index (χ1v) is 9.50. The number of amides is 2. The first-order valence-electron chi connectivity index (χ1n) is 9.50. The SMILES string of the molecule is CCOc1ccc(NC(=O)CCC(=O)OCC(=O)N[C@@H](C)c2ccccc2)cc1. The first-order chi connectivity index (χ1) is 14.0. The van der Waals surface area contributed by atoms with Gasteiger partial charge < -0.3 is 20.1 Å². The molecule has 7 heteroatoms. The van der Waals surface area contributed by atoms with Crippen LogP contribution < -0.4 is 15.4 Å². The standard InChI is InChI=1S/C22H26N2O5/c1-3-28-19-11-9-18(10-12-19)24-20(25)13-14-22(27)29-15-21(26)23-16(2)17-7-5-4-6-8-17/h4-12,16H,3,13-15H2,1-2H3,(H,23,26)(H,24,25)/t16-/m0/s1. The van der Waals surface area contributed by atoms with E-state index in [2.05, 4.69) is 10.6 Å². The lowest BCUT2D eigenvalue weighted by atomic mass is 10.1. The third kappa shape index (κ3) is 8.04. The van der Waals surface area contributed by atoms with E-state index in [0.717, 1.165) is 5.56 Å². The van der Waals surface area contributed by atoms with Gasteiger partial charge in [-0.25, -0.2) is 0 Å². The molecule has 0 fully saturated rings. The summed E-state index contributed by atoms with van der Waals surface area (Å²) in [6, 6.07) is 16.2. The molecule has 29 heavy (non-hydrogen) atoms. The highest BCUT2D eigenvalue weighted by Gasteiger charge is 2.13. The number of anilines is 1. The van der Waals surface area contributed by atoms with E-state index in [0.29, 0.717) is 18.0 Å². The van der Waals surface area contributed by atoms with Crippen molar-refractivity contribution in [3.05, 3.63) is 60.2 Å². The minimum atomic E-state index is -0.602. The zero-order valence-corrected chi connectivity index (χ0v) is 16.6. The first kappa shape index (κ1) is 21.9. The van der Waals surface area contributed by atoms with Gasteiger partial charge in [0.15, 0.2) is 6.61 Å². The van der Waals surface area contributed by atoms with E-state index >= 15 is 0 Å². The van der Waals surface area contributed by atoms with Gasteiger partial charge >= 0.3 is 5.97 Å². The fourth-order valence-corrected chi connectivity index (χ4v) is 2.57. The van der Waals surface area contributed by atoms with Gasteiger partial charge in [0.1, 0.15) is 5.75 Å². The largest absolute Gasteiger partial charge is 0.494 e. The van der Waals surface area contributed by atoms with Crippen molar-refractivity contribution in [1.29, 1.82) is 0 Å². The number of carbonyl (C=O) groups excluding carboxylic acids is 3. The van der Waals surface area contributed by atoms with Gasteiger partial charge in [0.2, 0.25) is 5.91 Å². The van der Waals surface area contributed by atoms with Crippen molar-refractivity contribution in [1.82, 2.24) is 5.32 Å². The van der Waals surface area contributed by atoms with Crippen molar-refractivity contribution >= 4 is 23.5 Å². The number of benzene rings is 2. The molecule has 0 saturated heterocycles. The lowest BCUT2D eigenvalue weighted by molar-refractivity contribution is -0.149.